The molecule has 1 aromatic rings. The number of alkyl halides is 2. The van der Waals surface area contributed by atoms with Gasteiger partial charge in [-0.15, -0.1) is 0 Å². The van der Waals surface area contributed by atoms with Crippen LogP contribution in [-0.4, -0.2) is 11.8 Å². The van der Waals surface area contributed by atoms with Crippen LogP contribution in [0.25, 0.3) is 0 Å². The van der Waals surface area contributed by atoms with E-state index in [1.54, 1.807) is 12.1 Å². The highest BCUT2D eigenvalue weighted by Crippen LogP contribution is 2.24. The van der Waals surface area contributed by atoms with Crippen molar-refractivity contribution in [1.82, 2.24) is 5.32 Å². The molecule has 0 saturated carbocycles. The van der Waals surface area contributed by atoms with Crippen LogP contribution in [0, 0.1) is 0 Å². The molecule has 1 aromatic carbocycles. The van der Waals surface area contributed by atoms with Crippen molar-refractivity contribution in [3.63, 3.8) is 0 Å². The summed E-state index contributed by atoms with van der Waals surface area (Å²) in [6.07, 6.45) is 0. The molecule has 15 heavy (non-hydrogen) atoms. The van der Waals surface area contributed by atoms with Crippen LogP contribution in [-0.2, 0) is 6.54 Å². The summed E-state index contributed by atoms with van der Waals surface area (Å²) in [5.41, 5.74) is 1.11. The van der Waals surface area contributed by atoms with Gasteiger partial charge in [0.1, 0.15) is 0 Å². The van der Waals surface area contributed by atoms with Gasteiger partial charge in [-0.2, -0.15) is 8.78 Å². The smallest absolute Gasteiger partial charge is 0.288 e. The second-order valence-electron chi connectivity index (χ2n) is 3.56. The van der Waals surface area contributed by atoms with Gasteiger partial charge in [0.05, 0.1) is 0 Å². The Kier molecular flexibility index (Phi) is 5.05. The molecule has 0 heterocycles. The number of nitrogens with one attached hydrogen (secondary N) is 1. The Bertz CT molecular complexity index is 285. The zero-order chi connectivity index (χ0) is 11.3. The van der Waals surface area contributed by atoms with E-state index in [1.807, 2.05) is 12.1 Å². The van der Waals surface area contributed by atoms with Crippen molar-refractivity contribution < 1.29 is 8.78 Å². The van der Waals surface area contributed by atoms with E-state index in [1.165, 1.54) is 0 Å². The Hall–Kier alpha value is -0.610. The predicted octanol–water partition coefficient (Wildman–Crippen LogP) is 3.50. The summed E-state index contributed by atoms with van der Waals surface area (Å²) in [5, 5.41) is 3.27. The maximum absolute atomic E-state index is 12.0. The molecule has 0 bridgehead atoms. The standard InChI is InChI=1S/C11H15F2NS/c1-8(2)14-7-9-3-5-10(6-4-9)15-11(12)13/h3-6,8,11,14H,7H2,1-2H3. The fourth-order valence-electron chi connectivity index (χ4n) is 1.11. The summed E-state index contributed by atoms with van der Waals surface area (Å²) in [6.45, 7) is 4.92. The van der Waals surface area contributed by atoms with E-state index < -0.39 is 5.76 Å². The summed E-state index contributed by atoms with van der Waals surface area (Å²) in [6, 6.07) is 7.64. The van der Waals surface area contributed by atoms with E-state index >= 15 is 0 Å². The van der Waals surface area contributed by atoms with Gasteiger partial charge in [-0.1, -0.05) is 37.7 Å². The molecule has 0 radical (unpaired) electrons. The highest BCUT2D eigenvalue weighted by Gasteiger charge is 2.04. The van der Waals surface area contributed by atoms with E-state index in [2.05, 4.69) is 19.2 Å². The summed E-state index contributed by atoms with van der Waals surface area (Å²) in [5.74, 6) is -2.34. The fraction of sp³-hybridized carbons (Fsp3) is 0.455. The normalized spacial score (nSPS) is 11.3. The summed E-state index contributed by atoms with van der Waals surface area (Å²) >= 11 is 0.578. The molecule has 0 aliphatic rings. The lowest BCUT2D eigenvalue weighted by atomic mass is 10.2. The maximum Gasteiger partial charge on any atom is 0.288 e. The van der Waals surface area contributed by atoms with Crippen LogP contribution in [0.3, 0.4) is 0 Å². The highest BCUT2D eigenvalue weighted by atomic mass is 32.2. The molecular formula is C11H15F2NS. The number of halogens is 2. The van der Waals surface area contributed by atoms with Crippen LogP contribution in [0.5, 0.6) is 0 Å². The third-order valence-corrected chi connectivity index (χ3v) is 2.59. The van der Waals surface area contributed by atoms with Gasteiger partial charge in [-0.3, -0.25) is 0 Å². The number of benzene rings is 1. The van der Waals surface area contributed by atoms with E-state index in [0.717, 1.165) is 12.1 Å². The first kappa shape index (κ1) is 12.5. The predicted molar refractivity (Wildman–Crippen MR) is 60.3 cm³/mol. The van der Waals surface area contributed by atoms with E-state index in [9.17, 15) is 8.78 Å². The Balaban J connectivity index is 2.49. The Morgan fingerprint density at radius 3 is 2.27 bits per heavy atom. The van der Waals surface area contributed by atoms with Gasteiger partial charge in [0.25, 0.3) is 5.76 Å². The number of rotatable bonds is 5. The molecule has 0 spiro atoms. The van der Waals surface area contributed by atoms with Crippen molar-refractivity contribution in [2.45, 2.75) is 37.1 Å². The van der Waals surface area contributed by atoms with Crippen LogP contribution >= 0.6 is 11.8 Å². The number of hydrogen-bond acceptors (Lipinski definition) is 2. The van der Waals surface area contributed by atoms with Crippen molar-refractivity contribution in [3.8, 4) is 0 Å². The molecule has 0 atom stereocenters. The van der Waals surface area contributed by atoms with Gasteiger partial charge in [0.15, 0.2) is 0 Å². The monoisotopic (exact) mass is 231 g/mol. The maximum atomic E-state index is 12.0. The van der Waals surface area contributed by atoms with Gasteiger partial charge in [-0.25, -0.2) is 0 Å². The average Bonchev–Trinajstić information content (AvgIpc) is 2.16. The molecule has 4 heteroatoms. The summed E-state index contributed by atoms with van der Waals surface area (Å²) in [7, 11) is 0. The van der Waals surface area contributed by atoms with Crippen LogP contribution < -0.4 is 5.32 Å². The zero-order valence-electron chi connectivity index (χ0n) is 8.84. The third kappa shape index (κ3) is 5.14. The Morgan fingerprint density at radius 1 is 1.20 bits per heavy atom. The lowest BCUT2D eigenvalue weighted by Crippen LogP contribution is -2.21. The van der Waals surface area contributed by atoms with Gasteiger partial charge in [0.2, 0.25) is 0 Å². The second-order valence-corrected chi connectivity index (χ2v) is 4.62. The van der Waals surface area contributed by atoms with Crippen LogP contribution in [0.1, 0.15) is 19.4 Å². The molecule has 0 aliphatic carbocycles. The highest BCUT2D eigenvalue weighted by molar-refractivity contribution is 7.99. The lowest BCUT2D eigenvalue weighted by Gasteiger charge is -2.08. The Labute approximate surface area is 93.3 Å². The van der Waals surface area contributed by atoms with Gasteiger partial charge in [-0.05, 0) is 17.7 Å². The molecule has 0 unspecified atom stereocenters. The quantitative estimate of drug-likeness (QED) is 0.778. The third-order valence-electron chi connectivity index (χ3n) is 1.86. The molecule has 0 saturated heterocycles. The molecule has 0 aromatic heterocycles. The molecule has 0 aliphatic heterocycles. The van der Waals surface area contributed by atoms with E-state index in [-0.39, 0.29) is 0 Å². The van der Waals surface area contributed by atoms with Crippen molar-refractivity contribution in [1.29, 1.82) is 0 Å². The van der Waals surface area contributed by atoms with Gasteiger partial charge >= 0.3 is 0 Å². The first-order chi connectivity index (χ1) is 7.08. The fourth-order valence-corrected chi connectivity index (χ4v) is 1.61. The average molecular weight is 231 g/mol. The number of hydrogen-bond donors (Lipinski definition) is 1. The number of thioether (sulfide) groups is 1. The molecule has 1 N–H and O–H groups in total. The first-order valence-corrected chi connectivity index (χ1v) is 5.73. The molecule has 84 valence electrons. The summed E-state index contributed by atoms with van der Waals surface area (Å²) < 4.78 is 24.1. The first-order valence-electron chi connectivity index (χ1n) is 4.85. The minimum absolute atomic E-state index is 0.431. The van der Waals surface area contributed by atoms with E-state index in [4.69, 9.17) is 0 Å². The second kappa shape index (κ2) is 6.08. The molecular weight excluding hydrogens is 216 g/mol. The van der Waals surface area contributed by atoms with Gasteiger partial charge < -0.3 is 5.32 Å². The van der Waals surface area contributed by atoms with Crippen LogP contribution in [0.15, 0.2) is 29.2 Å². The largest absolute Gasteiger partial charge is 0.310 e. The molecule has 1 rings (SSSR count). The Morgan fingerprint density at radius 2 is 1.80 bits per heavy atom. The minimum Gasteiger partial charge on any atom is -0.310 e. The van der Waals surface area contributed by atoms with Crippen molar-refractivity contribution in [2.75, 3.05) is 0 Å². The van der Waals surface area contributed by atoms with Gasteiger partial charge in [0, 0.05) is 17.5 Å². The van der Waals surface area contributed by atoms with E-state index in [0.29, 0.717) is 22.7 Å². The molecule has 0 fully saturated rings. The van der Waals surface area contributed by atoms with Crippen LogP contribution in [0.4, 0.5) is 8.78 Å². The molecule has 1 nitrogen and oxygen atoms in total. The molecule has 0 amide bonds. The minimum atomic E-state index is -2.34. The van der Waals surface area contributed by atoms with Crippen LogP contribution in [0.2, 0.25) is 0 Å². The topological polar surface area (TPSA) is 12.0 Å². The van der Waals surface area contributed by atoms with Crippen molar-refractivity contribution in [2.24, 2.45) is 0 Å². The van der Waals surface area contributed by atoms with Crippen molar-refractivity contribution >= 4 is 11.8 Å². The van der Waals surface area contributed by atoms with Crippen molar-refractivity contribution in [3.05, 3.63) is 29.8 Å². The lowest BCUT2D eigenvalue weighted by molar-refractivity contribution is 0.252. The SMILES string of the molecule is CC(C)NCc1ccc(SC(F)F)cc1. The zero-order valence-corrected chi connectivity index (χ0v) is 9.65. The summed E-state index contributed by atoms with van der Waals surface area (Å²) in [4.78, 5) is 0.610.